The minimum atomic E-state index is -0.490. The highest BCUT2D eigenvalue weighted by Crippen LogP contribution is 2.35. The van der Waals surface area contributed by atoms with Crippen molar-refractivity contribution in [2.75, 3.05) is 6.54 Å². The van der Waals surface area contributed by atoms with Crippen LogP contribution in [0.4, 0.5) is 9.18 Å². The van der Waals surface area contributed by atoms with Gasteiger partial charge in [0, 0.05) is 28.3 Å². The Balaban J connectivity index is 1.49. The molecule has 0 atom stereocenters. The van der Waals surface area contributed by atoms with Crippen molar-refractivity contribution in [2.45, 2.75) is 19.9 Å². The fourth-order valence-corrected chi connectivity index (χ4v) is 5.27. The molecule has 0 aliphatic carbocycles. The molecule has 7 heteroatoms. The van der Waals surface area contributed by atoms with E-state index in [4.69, 9.17) is 0 Å². The van der Waals surface area contributed by atoms with Crippen molar-refractivity contribution in [3.05, 3.63) is 112 Å². The summed E-state index contributed by atoms with van der Waals surface area (Å²) in [7, 11) is 0. The monoisotopic (exact) mass is 498 g/mol. The molecular weight excluding hydrogens is 475 g/mol. The number of thioether (sulfide) groups is 1. The summed E-state index contributed by atoms with van der Waals surface area (Å²) in [5, 5.41) is 0.442. The van der Waals surface area contributed by atoms with E-state index in [1.807, 2.05) is 29.0 Å². The van der Waals surface area contributed by atoms with Crippen LogP contribution < -0.4 is 0 Å². The smallest absolute Gasteiger partial charge is 0.293 e. The van der Waals surface area contributed by atoms with Gasteiger partial charge in [0.1, 0.15) is 5.82 Å². The Labute approximate surface area is 212 Å². The number of hydrogen-bond donors (Lipinski definition) is 0. The maximum absolute atomic E-state index is 14.4. The summed E-state index contributed by atoms with van der Waals surface area (Å²) < 4.78 is 16.4. The number of Topliss-reactive ketones (excluding diaryl/α,β-unsaturated/α-hetero) is 1. The SMILES string of the molecule is CCc1cccc2c(/C=C3\SC(=O)N(CC(=O)c4ccccc4)C3=O)cn(Cc3ccccc3F)c12. The number of aryl methyl sites for hydroxylation is 1. The lowest BCUT2D eigenvalue weighted by atomic mass is 10.1. The maximum Gasteiger partial charge on any atom is 0.293 e. The number of amides is 2. The van der Waals surface area contributed by atoms with Crippen molar-refractivity contribution in [1.82, 2.24) is 9.47 Å². The van der Waals surface area contributed by atoms with Crippen molar-refractivity contribution in [3.63, 3.8) is 0 Å². The molecule has 4 aromatic rings. The first-order valence-electron chi connectivity index (χ1n) is 11.6. The number of ketones is 1. The first-order valence-corrected chi connectivity index (χ1v) is 12.5. The summed E-state index contributed by atoms with van der Waals surface area (Å²) >= 11 is 0.825. The second-order valence-electron chi connectivity index (χ2n) is 8.53. The van der Waals surface area contributed by atoms with Crippen LogP contribution in [-0.4, -0.2) is 32.9 Å². The Morgan fingerprint density at radius 1 is 0.944 bits per heavy atom. The summed E-state index contributed by atoms with van der Waals surface area (Å²) in [6, 6.07) is 21.2. The normalized spacial score (nSPS) is 14.8. The van der Waals surface area contributed by atoms with Gasteiger partial charge in [0.2, 0.25) is 0 Å². The van der Waals surface area contributed by atoms with E-state index in [1.165, 1.54) is 6.07 Å². The van der Waals surface area contributed by atoms with Crippen LogP contribution in [0.15, 0.2) is 83.9 Å². The molecule has 0 unspecified atom stereocenters. The average molecular weight is 499 g/mol. The van der Waals surface area contributed by atoms with Gasteiger partial charge in [0.15, 0.2) is 5.78 Å². The molecule has 0 N–H and O–H groups in total. The predicted molar refractivity (Wildman–Crippen MR) is 140 cm³/mol. The van der Waals surface area contributed by atoms with Crippen LogP contribution in [0.2, 0.25) is 0 Å². The van der Waals surface area contributed by atoms with E-state index >= 15 is 0 Å². The zero-order chi connectivity index (χ0) is 25.2. The number of fused-ring (bicyclic) bond motifs is 1. The van der Waals surface area contributed by atoms with E-state index < -0.39 is 11.1 Å². The van der Waals surface area contributed by atoms with Crippen molar-refractivity contribution in [1.29, 1.82) is 0 Å². The van der Waals surface area contributed by atoms with Gasteiger partial charge in [-0.05, 0) is 35.9 Å². The second-order valence-corrected chi connectivity index (χ2v) is 9.52. The Morgan fingerprint density at radius 2 is 1.67 bits per heavy atom. The molecule has 2 amide bonds. The number of halogens is 1. The van der Waals surface area contributed by atoms with E-state index in [0.717, 1.165) is 45.1 Å². The highest BCUT2D eigenvalue weighted by Gasteiger charge is 2.36. The van der Waals surface area contributed by atoms with Crippen LogP contribution in [0, 0.1) is 5.82 Å². The lowest BCUT2D eigenvalue weighted by Crippen LogP contribution is -2.33. The van der Waals surface area contributed by atoms with Gasteiger partial charge in [0.25, 0.3) is 11.1 Å². The summed E-state index contributed by atoms with van der Waals surface area (Å²) in [6.45, 7) is 2.09. The molecule has 2 heterocycles. The third-order valence-corrected chi connectivity index (χ3v) is 7.16. The minimum Gasteiger partial charge on any atom is -0.342 e. The fourth-order valence-electron chi connectivity index (χ4n) is 4.44. The molecule has 0 spiro atoms. The molecule has 3 aromatic carbocycles. The first kappa shape index (κ1) is 23.8. The number of nitrogens with zero attached hydrogens (tertiary/aromatic N) is 2. The van der Waals surface area contributed by atoms with Crippen molar-refractivity contribution in [3.8, 4) is 0 Å². The summed E-state index contributed by atoms with van der Waals surface area (Å²) in [5.74, 6) is -1.07. The molecule has 0 bridgehead atoms. The van der Waals surface area contributed by atoms with Crippen LogP contribution in [0.3, 0.4) is 0 Å². The van der Waals surface area contributed by atoms with Gasteiger partial charge >= 0.3 is 0 Å². The number of hydrogen-bond acceptors (Lipinski definition) is 4. The maximum atomic E-state index is 14.4. The number of benzene rings is 3. The predicted octanol–water partition coefficient (Wildman–Crippen LogP) is 6.31. The molecule has 1 aromatic heterocycles. The number of imide groups is 1. The molecule has 1 saturated heterocycles. The average Bonchev–Trinajstić information content (AvgIpc) is 3.37. The molecule has 1 fully saturated rings. The van der Waals surface area contributed by atoms with Crippen molar-refractivity contribution >= 4 is 45.7 Å². The summed E-state index contributed by atoms with van der Waals surface area (Å²) in [5.41, 5.74) is 3.84. The third-order valence-electron chi connectivity index (χ3n) is 6.25. The van der Waals surface area contributed by atoms with E-state index in [2.05, 4.69) is 6.92 Å². The highest BCUT2D eigenvalue weighted by molar-refractivity contribution is 8.18. The van der Waals surface area contributed by atoms with Gasteiger partial charge < -0.3 is 4.57 Å². The van der Waals surface area contributed by atoms with Crippen molar-refractivity contribution < 1.29 is 18.8 Å². The molecule has 1 aliphatic heterocycles. The highest BCUT2D eigenvalue weighted by atomic mass is 32.2. The molecule has 0 radical (unpaired) electrons. The lowest BCUT2D eigenvalue weighted by Gasteiger charge is -2.11. The van der Waals surface area contributed by atoms with Crippen LogP contribution in [-0.2, 0) is 17.8 Å². The van der Waals surface area contributed by atoms with Crippen LogP contribution in [0.25, 0.3) is 17.0 Å². The fraction of sp³-hybridized carbons (Fsp3) is 0.138. The largest absolute Gasteiger partial charge is 0.342 e. The van der Waals surface area contributed by atoms with Crippen LogP contribution in [0.1, 0.15) is 34.0 Å². The molecule has 1 aliphatic rings. The number of carbonyl (C=O) groups is 3. The zero-order valence-corrected chi connectivity index (χ0v) is 20.4. The van der Waals surface area contributed by atoms with E-state index in [-0.39, 0.29) is 23.1 Å². The van der Waals surface area contributed by atoms with Gasteiger partial charge in [-0.1, -0.05) is 73.7 Å². The summed E-state index contributed by atoms with van der Waals surface area (Å²) in [4.78, 5) is 39.6. The summed E-state index contributed by atoms with van der Waals surface area (Å²) in [6.07, 6.45) is 4.37. The molecule has 0 saturated carbocycles. The van der Waals surface area contributed by atoms with Gasteiger partial charge in [-0.3, -0.25) is 19.3 Å². The van der Waals surface area contributed by atoms with E-state index in [9.17, 15) is 18.8 Å². The first-order chi connectivity index (χ1) is 17.5. The van der Waals surface area contributed by atoms with Crippen LogP contribution >= 0.6 is 11.8 Å². The zero-order valence-electron chi connectivity index (χ0n) is 19.6. The molecular formula is C29H23FN2O3S. The Hall–Kier alpha value is -3.97. The van der Waals surface area contributed by atoms with Gasteiger partial charge in [-0.25, -0.2) is 4.39 Å². The van der Waals surface area contributed by atoms with Crippen LogP contribution in [0.5, 0.6) is 0 Å². The Morgan fingerprint density at radius 3 is 2.42 bits per heavy atom. The molecule has 5 nitrogen and oxygen atoms in total. The second kappa shape index (κ2) is 9.95. The standard InChI is InChI=1S/C29H23FN2O3S/c1-2-19-12-8-13-23-22(17-31(27(19)23)16-21-11-6-7-14-24(21)30)15-26-28(34)32(29(35)36-26)18-25(33)20-9-4-3-5-10-20/h3-15,17H,2,16,18H2,1H3/b26-15-. The Bertz CT molecular complexity index is 1520. The van der Waals surface area contributed by atoms with Gasteiger partial charge in [-0.2, -0.15) is 0 Å². The third kappa shape index (κ3) is 4.50. The number of aromatic nitrogens is 1. The molecule has 180 valence electrons. The van der Waals surface area contributed by atoms with E-state index in [1.54, 1.807) is 54.6 Å². The van der Waals surface area contributed by atoms with Gasteiger partial charge in [-0.15, -0.1) is 0 Å². The minimum absolute atomic E-state index is 0.257. The van der Waals surface area contributed by atoms with Gasteiger partial charge in [0.05, 0.1) is 23.5 Å². The Kier molecular flexibility index (Phi) is 6.57. The van der Waals surface area contributed by atoms with E-state index in [0.29, 0.717) is 17.7 Å². The molecule has 5 rings (SSSR count). The number of carbonyl (C=O) groups excluding carboxylic acids is 3. The van der Waals surface area contributed by atoms with Crippen molar-refractivity contribution in [2.24, 2.45) is 0 Å². The quantitative estimate of drug-likeness (QED) is 0.221. The number of rotatable bonds is 7. The molecule has 36 heavy (non-hydrogen) atoms. The topological polar surface area (TPSA) is 59.4 Å². The lowest BCUT2D eigenvalue weighted by molar-refractivity contribution is -0.122. The number of para-hydroxylation sites is 1.